The lowest BCUT2D eigenvalue weighted by Crippen LogP contribution is -2.38. The number of benzene rings is 3. The monoisotopic (exact) mass is 1020 g/mol. The minimum Gasteiger partial charge on any atom is -0.344 e. The zero-order chi connectivity index (χ0) is 49.9. The summed E-state index contributed by atoms with van der Waals surface area (Å²) < 4.78 is 172. The molecule has 3 aromatic heterocycles. The van der Waals surface area contributed by atoms with Crippen molar-refractivity contribution in [1.29, 1.82) is 0 Å². The Morgan fingerprint density at radius 1 is 0.986 bits per heavy atom. The molecule has 1 amide bonds. The summed E-state index contributed by atoms with van der Waals surface area (Å²) in [7, 11) is -7.85. The van der Waals surface area contributed by atoms with Gasteiger partial charge in [0, 0.05) is 35.8 Å². The molecular formula is C44H37ClF8N8O6S2. The lowest BCUT2D eigenvalue weighted by Gasteiger charge is -2.24. The Balaban J connectivity index is 1.27. The average Bonchev–Trinajstić information content (AvgIpc) is 4.16. The Kier molecular flexibility index (Phi) is 11.7. The van der Waals surface area contributed by atoms with Gasteiger partial charge in [-0.05, 0) is 87.1 Å². The summed E-state index contributed by atoms with van der Waals surface area (Å²) in [6.45, 7) is 0.424. The molecule has 9 rings (SSSR count). The lowest BCUT2D eigenvalue weighted by atomic mass is 10.0. The highest BCUT2D eigenvalue weighted by Crippen LogP contribution is 2.68. The van der Waals surface area contributed by atoms with Gasteiger partial charge >= 0.3 is 0 Å². The number of carbonyl (C=O) groups excluding carboxylic acids is 1. The van der Waals surface area contributed by atoms with Crippen molar-refractivity contribution in [1.82, 2.24) is 34.4 Å². The molecule has 0 bridgehead atoms. The van der Waals surface area contributed by atoms with Gasteiger partial charge in [0.05, 0.1) is 43.8 Å². The predicted molar refractivity (Wildman–Crippen MR) is 236 cm³/mol. The van der Waals surface area contributed by atoms with Gasteiger partial charge < -0.3 is 5.32 Å². The summed E-state index contributed by atoms with van der Waals surface area (Å²) >= 11 is 6.65. The summed E-state index contributed by atoms with van der Waals surface area (Å²) in [5, 5.41) is 8.91. The number of halogens is 9. The molecule has 69 heavy (non-hydrogen) atoms. The number of sulfone groups is 1. The van der Waals surface area contributed by atoms with Crippen LogP contribution in [0.5, 0.6) is 0 Å². The van der Waals surface area contributed by atoms with E-state index < -0.39 is 132 Å². The zero-order valence-corrected chi connectivity index (χ0v) is 38.6. The first kappa shape index (κ1) is 48.0. The number of amides is 1. The van der Waals surface area contributed by atoms with Gasteiger partial charge in [-0.1, -0.05) is 23.4 Å². The van der Waals surface area contributed by atoms with Crippen LogP contribution in [-0.2, 0) is 50.1 Å². The zero-order valence-electron chi connectivity index (χ0n) is 36.2. The first-order valence-corrected chi connectivity index (χ1v) is 24.9. The average molecular weight is 1030 g/mol. The first-order chi connectivity index (χ1) is 32.2. The van der Waals surface area contributed by atoms with E-state index in [0.29, 0.717) is 28.3 Å². The molecule has 0 radical (unpaired) electrons. The molecule has 2 fully saturated rings. The molecule has 0 unspecified atom stereocenters. The molecule has 2 N–H and O–H groups in total. The Hall–Kier alpha value is -6.06. The number of carbonyl (C=O) groups is 1. The molecular weight excluding hydrogens is 988 g/mol. The van der Waals surface area contributed by atoms with Gasteiger partial charge in [0.2, 0.25) is 15.9 Å². The number of sulfonamides is 1. The van der Waals surface area contributed by atoms with Crippen LogP contribution in [0.2, 0.25) is 5.02 Å². The highest BCUT2D eigenvalue weighted by molar-refractivity contribution is 7.93. The quantitative estimate of drug-likeness (QED) is 0.0828. The lowest BCUT2D eigenvalue weighted by molar-refractivity contribution is -0.123. The number of nitrogens with one attached hydrogen (secondary N) is 2. The second-order valence-electron chi connectivity index (χ2n) is 17.7. The Bertz CT molecular complexity index is 3490. The molecule has 3 aliphatic rings. The maximum Gasteiger partial charge on any atom is 0.293 e. The molecule has 3 atom stereocenters. The molecule has 364 valence electrons. The maximum absolute atomic E-state index is 15.6. The topological polar surface area (TPSA) is 180 Å². The molecule has 0 saturated heterocycles. The van der Waals surface area contributed by atoms with Crippen LogP contribution in [0.4, 0.5) is 40.9 Å². The smallest absolute Gasteiger partial charge is 0.293 e. The van der Waals surface area contributed by atoms with Crippen molar-refractivity contribution >= 4 is 65.0 Å². The van der Waals surface area contributed by atoms with Gasteiger partial charge in [0.1, 0.15) is 46.7 Å². The van der Waals surface area contributed by atoms with Crippen molar-refractivity contribution in [2.24, 2.45) is 5.92 Å². The molecule has 14 nitrogen and oxygen atoms in total. The first-order valence-electron chi connectivity index (χ1n) is 21.1. The van der Waals surface area contributed by atoms with Crippen LogP contribution in [0.3, 0.4) is 0 Å². The number of anilines is 1. The van der Waals surface area contributed by atoms with E-state index in [2.05, 4.69) is 32.1 Å². The molecule has 0 spiro atoms. The molecule has 3 aromatic carbocycles. The standard InChI is InChI=1S/C44H37ClF8N8O6S2/c1-43(2,68(3,64)65)11-10-20-4-7-25-29(14-20)55-41(61(42(25)63)31-9-8-28(45)35-37(31)59(18-32(48)49)57-40(35)58-69(66,67)24-5-6-24)30(15-21-12-22(46)16-23(47)13-21)54-33(62)19-60-38-34(36(56-60)39(50)51)26-17-27(26)44(38,52)53/h4,7-9,12-14,16,24,26-27,30,32,39H,5-6,15,17-19H2,1-3H3,(H,54,62)(H,57,58)/t26-,27+,30-/m0/s1. The van der Waals surface area contributed by atoms with Crippen LogP contribution < -0.4 is 15.6 Å². The van der Waals surface area contributed by atoms with Gasteiger partial charge in [-0.2, -0.15) is 19.0 Å². The molecule has 6 aromatic rings. The van der Waals surface area contributed by atoms with Crippen molar-refractivity contribution in [2.75, 3.05) is 11.0 Å². The summed E-state index contributed by atoms with van der Waals surface area (Å²) in [6, 6.07) is 6.84. The fourth-order valence-corrected chi connectivity index (χ4v) is 10.4. The van der Waals surface area contributed by atoms with Crippen molar-refractivity contribution in [2.45, 2.75) is 93.4 Å². The summed E-state index contributed by atoms with van der Waals surface area (Å²) in [5.74, 6) is -4.77. The largest absolute Gasteiger partial charge is 0.344 e. The predicted octanol–water partition coefficient (Wildman–Crippen LogP) is 7.45. The summed E-state index contributed by atoms with van der Waals surface area (Å²) in [4.78, 5) is 34.1. The van der Waals surface area contributed by atoms with Crippen molar-refractivity contribution < 1.29 is 56.8 Å². The molecule has 2 saturated carbocycles. The number of rotatable bonds is 14. The number of nitrogens with zero attached hydrogens (tertiary/aromatic N) is 6. The summed E-state index contributed by atoms with van der Waals surface area (Å²) in [6.07, 6.45) is -5.54. The highest BCUT2D eigenvalue weighted by atomic mass is 35.5. The Morgan fingerprint density at radius 2 is 1.68 bits per heavy atom. The highest BCUT2D eigenvalue weighted by Gasteiger charge is 2.67. The van der Waals surface area contributed by atoms with E-state index in [4.69, 9.17) is 16.6 Å². The SMILES string of the molecule is CC(C)(C#Cc1ccc2c(=O)n(-c3ccc(Cl)c4c(NS(=O)(=O)C5CC5)nn(CC(F)F)c34)c([C@H](Cc3cc(F)cc(F)c3)NC(=O)Cn3nc(C(F)F)c4c3C(F)(F)[C@@H]3C[C@H]43)nc2c1)S(C)(=O)=O. The van der Waals surface area contributed by atoms with Crippen LogP contribution in [0.15, 0.2) is 53.3 Å². The second-order valence-corrected chi connectivity index (χ2v) is 22.6. The van der Waals surface area contributed by atoms with E-state index >= 15 is 13.6 Å². The normalized spacial score (nSPS) is 18.1. The number of hydrogen-bond donors (Lipinski definition) is 2. The van der Waals surface area contributed by atoms with Gasteiger partial charge in [-0.15, -0.1) is 0 Å². The van der Waals surface area contributed by atoms with E-state index in [-0.39, 0.29) is 55.6 Å². The van der Waals surface area contributed by atoms with Gasteiger partial charge in [-0.25, -0.2) is 48.2 Å². The van der Waals surface area contributed by atoms with Crippen LogP contribution in [-0.4, -0.2) is 74.5 Å². The maximum atomic E-state index is 15.6. The van der Waals surface area contributed by atoms with Crippen LogP contribution in [0.25, 0.3) is 27.5 Å². The van der Waals surface area contributed by atoms with Crippen molar-refractivity contribution in [3.63, 3.8) is 0 Å². The number of alkyl halides is 6. The van der Waals surface area contributed by atoms with Crippen molar-refractivity contribution in [3.8, 4) is 17.5 Å². The fourth-order valence-electron chi connectivity index (χ4n) is 8.56. The van der Waals surface area contributed by atoms with E-state index in [0.717, 1.165) is 23.0 Å². The molecule has 3 heterocycles. The van der Waals surface area contributed by atoms with Crippen LogP contribution in [0.1, 0.15) is 85.4 Å². The van der Waals surface area contributed by atoms with E-state index in [1.165, 1.54) is 44.2 Å². The number of hydrogen-bond acceptors (Lipinski definition) is 9. The Labute approximate surface area is 392 Å². The second kappa shape index (κ2) is 16.8. The van der Waals surface area contributed by atoms with E-state index in [9.17, 15) is 48.0 Å². The van der Waals surface area contributed by atoms with Gasteiger partial charge in [0.15, 0.2) is 15.7 Å². The number of fused-ring (bicyclic) bond motifs is 5. The van der Waals surface area contributed by atoms with E-state index in [1.54, 1.807) is 0 Å². The minimum absolute atomic E-state index is 0.0696. The van der Waals surface area contributed by atoms with Crippen LogP contribution in [0, 0.1) is 29.4 Å². The molecule has 3 aliphatic carbocycles. The van der Waals surface area contributed by atoms with Crippen LogP contribution >= 0.6 is 11.6 Å². The van der Waals surface area contributed by atoms with Crippen molar-refractivity contribution in [3.05, 3.63) is 109 Å². The fraction of sp³-hybridized carbons (Fsp3) is 0.386. The minimum atomic E-state index is -4.12. The van der Waals surface area contributed by atoms with E-state index in [1.807, 2.05) is 0 Å². The third-order valence-electron chi connectivity index (χ3n) is 12.4. The number of aromatic nitrogens is 6. The van der Waals surface area contributed by atoms with Gasteiger partial charge in [0.25, 0.3) is 24.3 Å². The van der Waals surface area contributed by atoms with Gasteiger partial charge in [-0.3, -0.25) is 28.2 Å². The third kappa shape index (κ3) is 8.81. The summed E-state index contributed by atoms with van der Waals surface area (Å²) in [5.41, 5.74) is -4.06. The third-order valence-corrected chi connectivity index (χ3v) is 16.5. The molecule has 0 aliphatic heterocycles. The Morgan fingerprint density at radius 3 is 2.32 bits per heavy atom. The molecule has 25 heteroatoms.